The van der Waals surface area contributed by atoms with E-state index in [9.17, 15) is 9.59 Å². The van der Waals surface area contributed by atoms with Crippen molar-refractivity contribution >= 4 is 23.2 Å². The van der Waals surface area contributed by atoms with Crippen molar-refractivity contribution in [3.05, 3.63) is 106 Å². The highest BCUT2D eigenvalue weighted by Crippen LogP contribution is 2.18. The van der Waals surface area contributed by atoms with Crippen molar-refractivity contribution in [3.8, 4) is 22.6 Å². The Balaban J connectivity index is 1.30. The van der Waals surface area contributed by atoms with Crippen molar-refractivity contribution in [3.63, 3.8) is 0 Å². The molecule has 0 spiro atoms. The number of nitrogens with zero attached hydrogens (tertiary/aromatic N) is 4. The average molecular weight is 458 g/mol. The fourth-order valence-electron chi connectivity index (χ4n) is 3.26. The molecule has 0 saturated heterocycles. The molecule has 0 atom stereocenters. The summed E-state index contributed by atoms with van der Waals surface area (Å²) < 4.78 is 6.55. The standard InChI is InChI=1S/C24H16ClN5O3/c25-18-8-6-17(7-9-18)23-26-12-15(13-27-23)14-33-24(32)20-10-21-28-19(11-22(31)30(21)29-20)16-4-2-1-3-5-16/h1-13,29H,14H2. The number of hydrogen-bond donors (Lipinski definition) is 1. The minimum atomic E-state index is -0.622. The van der Waals surface area contributed by atoms with Gasteiger partial charge in [0.25, 0.3) is 5.56 Å². The number of esters is 1. The van der Waals surface area contributed by atoms with Crippen LogP contribution in [0.2, 0.25) is 5.02 Å². The Labute approximate surface area is 192 Å². The maximum Gasteiger partial charge on any atom is 0.356 e. The molecule has 3 aromatic heterocycles. The molecule has 5 aromatic rings. The fraction of sp³-hybridized carbons (Fsp3) is 0.0417. The molecule has 0 aliphatic heterocycles. The normalized spacial score (nSPS) is 10.9. The molecule has 0 unspecified atom stereocenters. The van der Waals surface area contributed by atoms with E-state index in [4.69, 9.17) is 16.3 Å². The van der Waals surface area contributed by atoms with Gasteiger partial charge in [0.1, 0.15) is 12.3 Å². The lowest BCUT2D eigenvalue weighted by Crippen LogP contribution is -2.15. The Morgan fingerprint density at radius 2 is 1.70 bits per heavy atom. The summed E-state index contributed by atoms with van der Waals surface area (Å²) >= 11 is 5.90. The van der Waals surface area contributed by atoms with Crippen LogP contribution in [0.25, 0.3) is 28.3 Å². The Kier molecular flexibility index (Phi) is 5.42. The molecular formula is C24H16ClN5O3. The summed E-state index contributed by atoms with van der Waals surface area (Å²) in [6.45, 7) is -0.0211. The second kappa shape index (κ2) is 8.68. The molecule has 0 aliphatic rings. The molecule has 8 nitrogen and oxygen atoms in total. The number of aromatic nitrogens is 5. The SMILES string of the molecule is O=C(OCc1cnc(-c2ccc(Cl)cc2)nc1)c1cc2nc(-c3ccccc3)cc(=O)n2[nH]1. The molecular weight excluding hydrogens is 442 g/mol. The van der Waals surface area contributed by atoms with Crippen LogP contribution in [0.1, 0.15) is 16.1 Å². The summed E-state index contributed by atoms with van der Waals surface area (Å²) in [5, 5.41) is 3.37. The third kappa shape index (κ3) is 4.37. The van der Waals surface area contributed by atoms with E-state index in [-0.39, 0.29) is 17.9 Å². The maximum absolute atomic E-state index is 12.5. The van der Waals surface area contributed by atoms with Gasteiger partial charge in [0, 0.05) is 46.2 Å². The largest absolute Gasteiger partial charge is 0.456 e. The first-order chi connectivity index (χ1) is 16.1. The monoisotopic (exact) mass is 457 g/mol. The van der Waals surface area contributed by atoms with Crippen LogP contribution in [0.5, 0.6) is 0 Å². The van der Waals surface area contributed by atoms with Gasteiger partial charge in [-0.1, -0.05) is 41.9 Å². The number of H-pyrrole nitrogens is 1. The summed E-state index contributed by atoms with van der Waals surface area (Å²) in [6.07, 6.45) is 3.18. The molecule has 9 heteroatoms. The number of benzene rings is 2. The van der Waals surface area contributed by atoms with E-state index in [0.717, 1.165) is 11.1 Å². The summed E-state index contributed by atoms with van der Waals surface area (Å²) in [4.78, 5) is 38.1. The highest BCUT2D eigenvalue weighted by atomic mass is 35.5. The number of halogens is 1. The van der Waals surface area contributed by atoms with Gasteiger partial charge in [-0.2, -0.15) is 0 Å². The first kappa shape index (κ1) is 20.6. The van der Waals surface area contributed by atoms with Crippen LogP contribution < -0.4 is 5.56 Å². The van der Waals surface area contributed by atoms with Crippen LogP contribution in [0.15, 0.2) is 83.9 Å². The molecule has 0 aliphatic carbocycles. The Hall–Kier alpha value is -4.30. The molecule has 2 aromatic carbocycles. The highest BCUT2D eigenvalue weighted by molar-refractivity contribution is 6.30. The third-order valence-corrected chi connectivity index (χ3v) is 5.17. The van der Waals surface area contributed by atoms with Gasteiger partial charge in [-0.3, -0.25) is 9.89 Å². The summed E-state index contributed by atoms with van der Waals surface area (Å²) in [6, 6.07) is 19.4. The summed E-state index contributed by atoms with van der Waals surface area (Å²) in [5.41, 5.74) is 2.89. The minimum absolute atomic E-state index is 0.0211. The summed E-state index contributed by atoms with van der Waals surface area (Å²) in [7, 11) is 0. The molecule has 0 bridgehead atoms. The van der Waals surface area contributed by atoms with E-state index in [1.165, 1.54) is 16.6 Å². The van der Waals surface area contributed by atoms with Gasteiger partial charge in [0.2, 0.25) is 0 Å². The predicted molar refractivity (Wildman–Crippen MR) is 123 cm³/mol. The number of aromatic amines is 1. The van der Waals surface area contributed by atoms with Crippen LogP contribution in [0.3, 0.4) is 0 Å². The van der Waals surface area contributed by atoms with Crippen molar-refractivity contribution in [2.24, 2.45) is 0 Å². The maximum atomic E-state index is 12.5. The van der Waals surface area contributed by atoms with Crippen LogP contribution in [-0.4, -0.2) is 30.5 Å². The van der Waals surface area contributed by atoms with Crippen LogP contribution in [0, 0.1) is 0 Å². The van der Waals surface area contributed by atoms with Crippen molar-refractivity contribution in [1.29, 1.82) is 0 Å². The van der Waals surface area contributed by atoms with Crippen LogP contribution >= 0.6 is 11.6 Å². The Morgan fingerprint density at radius 3 is 2.42 bits per heavy atom. The van der Waals surface area contributed by atoms with Gasteiger partial charge in [-0.25, -0.2) is 24.3 Å². The van der Waals surface area contributed by atoms with Gasteiger partial charge < -0.3 is 4.74 Å². The number of hydrogen-bond acceptors (Lipinski definition) is 6. The van der Waals surface area contributed by atoms with Crippen molar-refractivity contribution in [2.75, 3.05) is 0 Å². The lowest BCUT2D eigenvalue weighted by molar-refractivity contribution is 0.0464. The summed E-state index contributed by atoms with van der Waals surface area (Å²) in [5.74, 6) is -0.0834. The lowest BCUT2D eigenvalue weighted by Gasteiger charge is -2.04. The first-order valence-corrected chi connectivity index (χ1v) is 10.4. The molecule has 1 N–H and O–H groups in total. The highest BCUT2D eigenvalue weighted by Gasteiger charge is 2.14. The van der Waals surface area contributed by atoms with E-state index < -0.39 is 5.97 Å². The van der Waals surface area contributed by atoms with E-state index in [1.807, 2.05) is 42.5 Å². The average Bonchev–Trinajstić information content (AvgIpc) is 3.29. The first-order valence-electron chi connectivity index (χ1n) is 9.99. The topological polar surface area (TPSA) is 102 Å². The second-order valence-corrected chi connectivity index (χ2v) is 7.64. The van der Waals surface area contributed by atoms with E-state index in [2.05, 4.69) is 20.1 Å². The molecule has 162 valence electrons. The molecule has 3 heterocycles. The van der Waals surface area contributed by atoms with Gasteiger partial charge in [-0.15, -0.1) is 0 Å². The van der Waals surface area contributed by atoms with Crippen molar-refractivity contribution < 1.29 is 9.53 Å². The Morgan fingerprint density at radius 1 is 0.970 bits per heavy atom. The predicted octanol–water partition coefficient (Wildman–Crippen LogP) is 4.16. The molecule has 0 saturated carbocycles. The molecule has 0 radical (unpaired) electrons. The van der Waals surface area contributed by atoms with Crippen LogP contribution in [-0.2, 0) is 11.3 Å². The molecule has 33 heavy (non-hydrogen) atoms. The van der Waals surface area contributed by atoms with Crippen LogP contribution in [0.4, 0.5) is 0 Å². The zero-order valence-corrected chi connectivity index (χ0v) is 17.9. The van der Waals surface area contributed by atoms with Gasteiger partial charge in [0.15, 0.2) is 11.5 Å². The second-order valence-electron chi connectivity index (χ2n) is 7.21. The molecule has 0 amide bonds. The van der Waals surface area contributed by atoms with E-state index >= 15 is 0 Å². The molecule has 0 fully saturated rings. The van der Waals surface area contributed by atoms with E-state index in [0.29, 0.717) is 27.8 Å². The smallest absolute Gasteiger partial charge is 0.356 e. The van der Waals surface area contributed by atoms with Crippen molar-refractivity contribution in [2.45, 2.75) is 6.61 Å². The number of nitrogens with one attached hydrogen (secondary N) is 1. The quantitative estimate of drug-likeness (QED) is 0.397. The number of carbonyl (C=O) groups is 1. The fourth-order valence-corrected chi connectivity index (χ4v) is 3.38. The number of fused-ring (bicyclic) bond motifs is 1. The van der Waals surface area contributed by atoms with Gasteiger partial charge >= 0.3 is 5.97 Å². The zero-order chi connectivity index (χ0) is 22.8. The number of carbonyl (C=O) groups excluding carboxylic acids is 1. The van der Waals surface area contributed by atoms with Gasteiger partial charge in [-0.05, 0) is 24.3 Å². The third-order valence-electron chi connectivity index (χ3n) is 4.92. The lowest BCUT2D eigenvalue weighted by atomic mass is 10.1. The van der Waals surface area contributed by atoms with E-state index in [1.54, 1.807) is 24.5 Å². The number of ether oxygens (including phenoxy) is 1. The molecule has 5 rings (SSSR count). The number of rotatable bonds is 5. The van der Waals surface area contributed by atoms with Crippen molar-refractivity contribution in [1.82, 2.24) is 24.6 Å². The van der Waals surface area contributed by atoms with Gasteiger partial charge in [0.05, 0.1) is 5.69 Å². The minimum Gasteiger partial charge on any atom is -0.456 e. The Bertz CT molecular complexity index is 1490. The zero-order valence-electron chi connectivity index (χ0n) is 17.1.